The van der Waals surface area contributed by atoms with Crippen LogP contribution in [0.3, 0.4) is 0 Å². The van der Waals surface area contributed by atoms with E-state index in [1.165, 1.54) is 12.8 Å². The number of carbonyl (C=O) groups is 2. The van der Waals surface area contributed by atoms with E-state index in [1.807, 2.05) is 6.92 Å². The van der Waals surface area contributed by atoms with Gasteiger partial charge in [0.2, 0.25) is 0 Å². The first-order valence-corrected chi connectivity index (χ1v) is 6.77. The molecule has 0 aromatic rings. The van der Waals surface area contributed by atoms with E-state index in [0.717, 1.165) is 18.8 Å². The second-order valence-corrected chi connectivity index (χ2v) is 5.35. The van der Waals surface area contributed by atoms with Crippen molar-refractivity contribution in [2.75, 3.05) is 6.54 Å². The van der Waals surface area contributed by atoms with Gasteiger partial charge in [-0.25, -0.2) is 9.59 Å². The van der Waals surface area contributed by atoms with Crippen LogP contribution < -0.4 is 10.6 Å². The van der Waals surface area contributed by atoms with Gasteiger partial charge in [0.25, 0.3) is 0 Å². The van der Waals surface area contributed by atoms with Gasteiger partial charge in [-0.3, -0.25) is 0 Å². The Balaban J connectivity index is 2.24. The molecule has 3 N–H and O–H groups in total. The summed E-state index contributed by atoms with van der Waals surface area (Å²) in [6.07, 6.45) is 5.91. The van der Waals surface area contributed by atoms with Crippen molar-refractivity contribution in [2.45, 2.75) is 57.9 Å². The fourth-order valence-corrected chi connectivity index (χ4v) is 2.02. The summed E-state index contributed by atoms with van der Waals surface area (Å²) in [5, 5.41) is 14.4. The first kappa shape index (κ1) is 14.8. The van der Waals surface area contributed by atoms with Crippen molar-refractivity contribution in [3.63, 3.8) is 0 Å². The largest absolute Gasteiger partial charge is 0.480 e. The smallest absolute Gasteiger partial charge is 0.329 e. The van der Waals surface area contributed by atoms with Gasteiger partial charge < -0.3 is 15.7 Å². The van der Waals surface area contributed by atoms with E-state index < -0.39 is 11.5 Å². The summed E-state index contributed by atoms with van der Waals surface area (Å²) < 4.78 is 0. The third-order valence-electron chi connectivity index (χ3n) is 3.38. The van der Waals surface area contributed by atoms with E-state index in [9.17, 15) is 9.59 Å². The number of hydrogen-bond acceptors (Lipinski definition) is 2. The molecule has 1 aliphatic carbocycles. The Labute approximate surface area is 108 Å². The molecule has 104 valence electrons. The van der Waals surface area contributed by atoms with Crippen molar-refractivity contribution in [1.29, 1.82) is 0 Å². The molecule has 0 heterocycles. The van der Waals surface area contributed by atoms with Crippen molar-refractivity contribution >= 4 is 12.0 Å². The van der Waals surface area contributed by atoms with Crippen LogP contribution in [-0.4, -0.2) is 29.2 Å². The van der Waals surface area contributed by atoms with Crippen LogP contribution in [0.15, 0.2) is 0 Å². The Kier molecular flexibility index (Phi) is 5.44. The standard InChI is InChI=1S/C13H24N2O3/c1-3-8-13(2,11(16)17)15-12(18)14-9-4-5-10-6-7-10/h10H,3-9H2,1-2H3,(H,16,17)(H2,14,15,18). The molecule has 1 atom stereocenters. The number of hydrogen-bond donors (Lipinski definition) is 3. The Morgan fingerprint density at radius 3 is 2.56 bits per heavy atom. The molecular formula is C13H24N2O3. The topological polar surface area (TPSA) is 78.4 Å². The lowest BCUT2D eigenvalue weighted by molar-refractivity contribution is -0.144. The third-order valence-corrected chi connectivity index (χ3v) is 3.38. The lowest BCUT2D eigenvalue weighted by Gasteiger charge is -2.25. The molecule has 0 aliphatic heterocycles. The summed E-state index contributed by atoms with van der Waals surface area (Å²) >= 11 is 0. The molecule has 0 bridgehead atoms. The Bertz CT molecular complexity index is 303. The van der Waals surface area contributed by atoms with Crippen LogP contribution in [-0.2, 0) is 4.79 Å². The fourth-order valence-electron chi connectivity index (χ4n) is 2.02. The highest BCUT2D eigenvalue weighted by atomic mass is 16.4. The summed E-state index contributed by atoms with van der Waals surface area (Å²) in [7, 11) is 0. The van der Waals surface area contributed by atoms with Gasteiger partial charge >= 0.3 is 12.0 Å². The summed E-state index contributed by atoms with van der Waals surface area (Å²) in [6, 6.07) is -0.385. The number of amides is 2. The molecule has 0 aromatic heterocycles. The molecule has 1 aliphatic rings. The van der Waals surface area contributed by atoms with Gasteiger partial charge in [-0.15, -0.1) is 0 Å². The van der Waals surface area contributed by atoms with Gasteiger partial charge in [-0.2, -0.15) is 0 Å². The van der Waals surface area contributed by atoms with Gasteiger partial charge in [-0.1, -0.05) is 26.2 Å². The quantitative estimate of drug-likeness (QED) is 0.582. The van der Waals surface area contributed by atoms with Crippen molar-refractivity contribution in [3.8, 4) is 0 Å². The predicted octanol–water partition coefficient (Wildman–Crippen LogP) is 2.12. The van der Waals surface area contributed by atoms with E-state index in [1.54, 1.807) is 6.92 Å². The first-order chi connectivity index (χ1) is 8.48. The molecule has 2 amide bonds. The number of urea groups is 1. The summed E-state index contributed by atoms with van der Waals surface area (Å²) in [5.41, 5.74) is -1.17. The Morgan fingerprint density at radius 2 is 2.06 bits per heavy atom. The van der Waals surface area contributed by atoms with Crippen LogP contribution in [0.2, 0.25) is 0 Å². The second-order valence-electron chi connectivity index (χ2n) is 5.35. The molecular weight excluding hydrogens is 232 g/mol. The average molecular weight is 256 g/mol. The van der Waals surface area contributed by atoms with Gasteiger partial charge in [0, 0.05) is 6.54 Å². The highest BCUT2D eigenvalue weighted by molar-refractivity contribution is 5.85. The molecule has 1 saturated carbocycles. The maximum absolute atomic E-state index is 11.6. The zero-order chi connectivity index (χ0) is 13.6. The third kappa shape index (κ3) is 4.94. The van der Waals surface area contributed by atoms with E-state index in [-0.39, 0.29) is 6.03 Å². The van der Waals surface area contributed by atoms with Crippen molar-refractivity contribution in [1.82, 2.24) is 10.6 Å². The van der Waals surface area contributed by atoms with Crippen LogP contribution >= 0.6 is 0 Å². The van der Waals surface area contributed by atoms with Crippen LogP contribution in [0.4, 0.5) is 4.79 Å². The average Bonchev–Trinajstić information content (AvgIpc) is 3.08. The first-order valence-electron chi connectivity index (χ1n) is 6.77. The highest BCUT2D eigenvalue weighted by Gasteiger charge is 2.33. The number of carbonyl (C=O) groups excluding carboxylic acids is 1. The minimum absolute atomic E-state index is 0.385. The van der Waals surface area contributed by atoms with Crippen molar-refractivity contribution in [3.05, 3.63) is 0 Å². The molecule has 18 heavy (non-hydrogen) atoms. The minimum atomic E-state index is -1.17. The molecule has 1 fully saturated rings. The molecule has 0 spiro atoms. The van der Waals surface area contributed by atoms with Crippen LogP contribution in [0, 0.1) is 5.92 Å². The molecule has 0 radical (unpaired) electrons. The monoisotopic (exact) mass is 256 g/mol. The van der Waals surface area contributed by atoms with E-state index >= 15 is 0 Å². The summed E-state index contributed by atoms with van der Waals surface area (Å²) in [5.74, 6) is -0.128. The molecule has 1 rings (SSSR count). The minimum Gasteiger partial charge on any atom is -0.480 e. The molecule has 0 saturated heterocycles. The second kappa shape index (κ2) is 6.61. The van der Waals surface area contributed by atoms with Crippen molar-refractivity contribution in [2.24, 2.45) is 5.92 Å². The maximum atomic E-state index is 11.6. The number of aliphatic carboxylic acids is 1. The van der Waals surface area contributed by atoms with Gasteiger partial charge in [0.15, 0.2) is 0 Å². The molecule has 5 nitrogen and oxygen atoms in total. The number of carboxylic acid groups (broad SMARTS) is 1. The van der Waals surface area contributed by atoms with E-state index in [2.05, 4.69) is 10.6 Å². The lowest BCUT2D eigenvalue weighted by Crippen LogP contribution is -2.55. The predicted molar refractivity (Wildman–Crippen MR) is 69.4 cm³/mol. The van der Waals surface area contributed by atoms with Crippen molar-refractivity contribution < 1.29 is 14.7 Å². The van der Waals surface area contributed by atoms with Crippen LogP contribution in [0.25, 0.3) is 0 Å². The zero-order valence-electron chi connectivity index (χ0n) is 11.3. The number of rotatable bonds is 8. The molecule has 5 heteroatoms. The highest BCUT2D eigenvalue weighted by Crippen LogP contribution is 2.33. The van der Waals surface area contributed by atoms with Crippen LogP contribution in [0.5, 0.6) is 0 Å². The summed E-state index contributed by atoms with van der Waals surface area (Å²) in [4.78, 5) is 22.7. The Hall–Kier alpha value is -1.26. The van der Waals surface area contributed by atoms with Gasteiger partial charge in [-0.05, 0) is 32.1 Å². The Morgan fingerprint density at radius 1 is 1.39 bits per heavy atom. The zero-order valence-corrected chi connectivity index (χ0v) is 11.3. The number of carboxylic acids is 1. The molecule has 0 aromatic carbocycles. The van der Waals surface area contributed by atoms with E-state index in [0.29, 0.717) is 19.4 Å². The number of nitrogens with one attached hydrogen (secondary N) is 2. The molecule has 1 unspecified atom stereocenters. The SMILES string of the molecule is CCCC(C)(NC(=O)NCCCC1CC1)C(=O)O. The van der Waals surface area contributed by atoms with E-state index in [4.69, 9.17) is 5.11 Å². The fraction of sp³-hybridized carbons (Fsp3) is 0.846. The van der Waals surface area contributed by atoms with Crippen LogP contribution in [0.1, 0.15) is 52.4 Å². The maximum Gasteiger partial charge on any atom is 0.329 e. The van der Waals surface area contributed by atoms with Gasteiger partial charge in [0.05, 0.1) is 0 Å². The summed E-state index contributed by atoms with van der Waals surface area (Å²) in [6.45, 7) is 4.06. The lowest BCUT2D eigenvalue weighted by atomic mass is 9.97. The van der Waals surface area contributed by atoms with Gasteiger partial charge in [0.1, 0.15) is 5.54 Å². The normalized spacial score (nSPS) is 17.9.